The van der Waals surface area contributed by atoms with Gasteiger partial charge in [-0.15, -0.1) is 0 Å². The molecule has 162 valence electrons. The molecule has 0 saturated heterocycles. The first-order valence-electron chi connectivity index (χ1n) is 9.04. The fourth-order valence-corrected chi connectivity index (χ4v) is 3.48. The highest BCUT2D eigenvalue weighted by molar-refractivity contribution is 7.87. The lowest BCUT2D eigenvalue weighted by Crippen LogP contribution is -2.43. The van der Waals surface area contributed by atoms with Gasteiger partial charge in [-0.1, -0.05) is 18.2 Å². The van der Waals surface area contributed by atoms with Gasteiger partial charge in [0.15, 0.2) is 0 Å². The van der Waals surface area contributed by atoms with Crippen LogP contribution in [-0.4, -0.2) is 53.3 Å². The SMILES string of the molecule is CC(=O)NC(CCCCN(C(=O)O)S(N)(=O)=O)C(=O)Nc1cccc2cccnc12. The lowest BCUT2D eigenvalue weighted by molar-refractivity contribution is -0.125. The van der Waals surface area contributed by atoms with Gasteiger partial charge in [0.1, 0.15) is 6.04 Å². The van der Waals surface area contributed by atoms with Gasteiger partial charge < -0.3 is 15.7 Å². The Kier molecular flexibility index (Phi) is 7.66. The molecule has 1 atom stereocenters. The van der Waals surface area contributed by atoms with Crippen molar-refractivity contribution in [3.8, 4) is 0 Å². The fraction of sp³-hybridized carbons (Fsp3) is 0.333. The number of carboxylic acid groups (broad SMARTS) is 1. The van der Waals surface area contributed by atoms with Crippen molar-refractivity contribution in [3.63, 3.8) is 0 Å². The number of benzene rings is 1. The predicted molar refractivity (Wildman–Crippen MR) is 110 cm³/mol. The second kappa shape index (κ2) is 9.98. The van der Waals surface area contributed by atoms with Crippen LogP contribution in [0.5, 0.6) is 0 Å². The molecule has 5 N–H and O–H groups in total. The summed E-state index contributed by atoms with van der Waals surface area (Å²) in [6.07, 6.45) is 0.481. The number of nitrogens with zero attached hydrogens (tertiary/aromatic N) is 2. The fourth-order valence-electron chi connectivity index (χ4n) is 2.87. The van der Waals surface area contributed by atoms with E-state index in [1.807, 2.05) is 12.1 Å². The van der Waals surface area contributed by atoms with E-state index in [-0.39, 0.29) is 30.1 Å². The Bertz CT molecular complexity index is 1040. The van der Waals surface area contributed by atoms with E-state index in [0.29, 0.717) is 11.2 Å². The van der Waals surface area contributed by atoms with E-state index in [2.05, 4.69) is 15.6 Å². The van der Waals surface area contributed by atoms with Crippen LogP contribution in [0.2, 0.25) is 0 Å². The average Bonchev–Trinajstić information content (AvgIpc) is 2.65. The highest BCUT2D eigenvalue weighted by atomic mass is 32.2. The maximum atomic E-state index is 12.7. The van der Waals surface area contributed by atoms with Crippen molar-refractivity contribution in [3.05, 3.63) is 36.5 Å². The maximum absolute atomic E-state index is 12.7. The normalized spacial score (nSPS) is 12.2. The molecule has 0 spiro atoms. The van der Waals surface area contributed by atoms with E-state index >= 15 is 0 Å². The molecule has 11 nitrogen and oxygen atoms in total. The van der Waals surface area contributed by atoms with E-state index in [1.54, 1.807) is 24.4 Å². The zero-order valence-corrected chi connectivity index (χ0v) is 17.1. The lowest BCUT2D eigenvalue weighted by Gasteiger charge is -2.19. The van der Waals surface area contributed by atoms with Crippen molar-refractivity contribution >= 4 is 44.7 Å². The molecule has 0 fully saturated rings. The molecule has 30 heavy (non-hydrogen) atoms. The molecule has 0 bridgehead atoms. The maximum Gasteiger partial charge on any atom is 0.422 e. The minimum absolute atomic E-state index is 0.127. The molecule has 2 aromatic rings. The third kappa shape index (κ3) is 6.39. The number of hydrogen-bond donors (Lipinski definition) is 4. The molecule has 0 aliphatic carbocycles. The Hall–Kier alpha value is -3.25. The van der Waals surface area contributed by atoms with Crippen LogP contribution in [0, 0.1) is 0 Å². The van der Waals surface area contributed by atoms with Crippen molar-refractivity contribution in [2.45, 2.75) is 32.2 Å². The van der Waals surface area contributed by atoms with Gasteiger partial charge in [-0.05, 0) is 31.4 Å². The molecule has 1 aromatic carbocycles. The zero-order chi connectivity index (χ0) is 22.3. The van der Waals surface area contributed by atoms with E-state index in [9.17, 15) is 22.8 Å². The number of carbonyl (C=O) groups is 3. The lowest BCUT2D eigenvalue weighted by atomic mass is 10.1. The molecule has 0 aliphatic heterocycles. The molecule has 0 saturated carbocycles. The Balaban J connectivity index is 2.03. The number of carbonyl (C=O) groups excluding carboxylic acids is 2. The summed E-state index contributed by atoms with van der Waals surface area (Å²) in [7, 11) is -4.38. The summed E-state index contributed by atoms with van der Waals surface area (Å²) in [5, 5.41) is 19.9. The van der Waals surface area contributed by atoms with Gasteiger partial charge in [0.05, 0.1) is 11.2 Å². The third-order valence-corrected chi connectivity index (χ3v) is 5.16. The first-order chi connectivity index (χ1) is 14.1. The number of anilines is 1. The summed E-state index contributed by atoms with van der Waals surface area (Å²) < 4.78 is 22.6. The van der Waals surface area contributed by atoms with Crippen molar-refractivity contribution in [2.75, 3.05) is 11.9 Å². The second-order valence-electron chi connectivity index (χ2n) is 6.52. The summed E-state index contributed by atoms with van der Waals surface area (Å²) >= 11 is 0. The predicted octanol–water partition coefficient (Wildman–Crippen LogP) is 1.03. The van der Waals surface area contributed by atoms with Gasteiger partial charge in [-0.3, -0.25) is 14.6 Å². The van der Waals surface area contributed by atoms with Crippen LogP contribution in [0.3, 0.4) is 0 Å². The van der Waals surface area contributed by atoms with Gasteiger partial charge in [0, 0.05) is 25.1 Å². The van der Waals surface area contributed by atoms with Gasteiger partial charge in [0.25, 0.3) is 0 Å². The minimum atomic E-state index is -4.38. The number of unbranched alkanes of at least 4 members (excludes halogenated alkanes) is 1. The number of pyridine rings is 1. The second-order valence-corrected chi connectivity index (χ2v) is 7.99. The van der Waals surface area contributed by atoms with Crippen LogP contribution in [0.4, 0.5) is 10.5 Å². The third-order valence-electron chi connectivity index (χ3n) is 4.21. The summed E-state index contributed by atoms with van der Waals surface area (Å²) in [6, 6.07) is 8.03. The Morgan fingerprint density at radius 3 is 2.53 bits per heavy atom. The molecular weight excluding hydrogens is 414 g/mol. The number of amides is 3. The molecule has 2 rings (SSSR count). The van der Waals surface area contributed by atoms with Crippen molar-refractivity contribution in [1.29, 1.82) is 0 Å². The minimum Gasteiger partial charge on any atom is -0.464 e. The van der Waals surface area contributed by atoms with Crippen molar-refractivity contribution < 1.29 is 27.9 Å². The monoisotopic (exact) mass is 437 g/mol. The Morgan fingerprint density at radius 1 is 1.20 bits per heavy atom. The average molecular weight is 437 g/mol. The molecule has 0 radical (unpaired) electrons. The number of aromatic nitrogens is 1. The molecule has 3 amide bonds. The number of para-hydroxylation sites is 1. The number of nitrogens with one attached hydrogen (secondary N) is 2. The van der Waals surface area contributed by atoms with E-state index < -0.39 is 34.2 Å². The van der Waals surface area contributed by atoms with Crippen LogP contribution in [-0.2, 0) is 19.8 Å². The van der Waals surface area contributed by atoms with Crippen LogP contribution in [0.15, 0.2) is 36.5 Å². The number of rotatable bonds is 9. The summed E-state index contributed by atoms with van der Waals surface area (Å²) in [5.41, 5.74) is 1.08. The standard InChI is InChI=1S/C18H23N5O6S/c1-12(24)21-15(8-2-3-11-23(18(26)27)30(19,28)29)17(25)22-14-9-4-6-13-7-5-10-20-16(13)14/h4-7,9-10,15H,2-3,8,11H2,1H3,(H,21,24)(H,22,25)(H,26,27)(H2,19,28,29). The van der Waals surface area contributed by atoms with E-state index in [0.717, 1.165) is 5.39 Å². The summed E-state index contributed by atoms with van der Waals surface area (Å²) in [6.45, 7) is 0.919. The number of nitrogens with two attached hydrogens (primary N) is 1. The highest BCUT2D eigenvalue weighted by Crippen LogP contribution is 2.21. The quantitative estimate of drug-likeness (QED) is 0.424. The molecular formula is C18H23N5O6S. The van der Waals surface area contributed by atoms with Gasteiger partial charge in [-0.25, -0.2) is 9.93 Å². The first-order valence-corrected chi connectivity index (χ1v) is 10.5. The molecule has 1 aromatic heterocycles. The number of hydrogen-bond acceptors (Lipinski definition) is 6. The van der Waals surface area contributed by atoms with Gasteiger partial charge in [-0.2, -0.15) is 12.7 Å². The summed E-state index contributed by atoms with van der Waals surface area (Å²) in [4.78, 5) is 39.4. The van der Waals surface area contributed by atoms with Crippen LogP contribution < -0.4 is 15.8 Å². The van der Waals surface area contributed by atoms with Crippen molar-refractivity contribution in [2.24, 2.45) is 5.14 Å². The van der Waals surface area contributed by atoms with Crippen LogP contribution in [0.1, 0.15) is 26.2 Å². The number of fused-ring (bicyclic) bond motifs is 1. The molecule has 1 unspecified atom stereocenters. The van der Waals surface area contributed by atoms with Crippen LogP contribution in [0.25, 0.3) is 10.9 Å². The molecule has 0 aliphatic rings. The first kappa shape index (κ1) is 23.0. The van der Waals surface area contributed by atoms with E-state index in [1.165, 1.54) is 6.92 Å². The highest BCUT2D eigenvalue weighted by Gasteiger charge is 2.24. The molecule has 12 heteroatoms. The van der Waals surface area contributed by atoms with Gasteiger partial charge in [0.2, 0.25) is 11.8 Å². The zero-order valence-electron chi connectivity index (χ0n) is 16.2. The van der Waals surface area contributed by atoms with Crippen LogP contribution >= 0.6 is 0 Å². The smallest absolute Gasteiger partial charge is 0.422 e. The largest absolute Gasteiger partial charge is 0.464 e. The summed E-state index contributed by atoms with van der Waals surface area (Å²) in [5.74, 6) is -0.882. The topological polar surface area (TPSA) is 172 Å². The Morgan fingerprint density at radius 2 is 1.90 bits per heavy atom. The molecule has 1 heterocycles. The van der Waals surface area contributed by atoms with E-state index in [4.69, 9.17) is 10.2 Å². The van der Waals surface area contributed by atoms with Crippen molar-refractivity contribution in [1.82, 2.24) is 14.6 Å². The Labute approximate surface area is 173 Å². The van der Waals surface area contributed by atoms with Gasteiger partial charge >= 0.3 is 16.3 Å².